The lowest BCUT2D eigenvalue weighted by atomic mass is 9.46. The highest BCUT2D eigenvalue weighted by atomic mass is 16.6. The number of ether oxygens (including phenoxy) is 2. The summed E-state index contributed by atoms with van der Waals surface area (Å²) in [5.41, 5.74) is 2.54. The van der Waals surface area contributed by atoms with Gasteiger partial charge in [0.2, 0.25) is 0 Å². The molecule has 0 aromatic heterocycles. The Morgan fingerprint density at radius 2 is 2.04 bits per heavy atom. The maximum Gasteiger partial charge on any atom is 0.339 e. The summed E-state index contributed by atoms with van der Waals surface area (Å²) in [5, 5.41) is 0. The largest absolute Gasteiger partial charge is 0.454 e. The van der Waals surface area contributed by atoms with Crippen LogP contribution in [0.3, 0.4) is 0 Å². The topological polar surface area (TPSA) is 52.6 Å². The second-order valence-electron chi connectivity index (χ2n) is 9.16. The molecular formula is C24H30O4. The van der Waals surface area contributed by atoms with Gasteiger partial charge in [-0.1, -0.05) is 32.8 Å². The normalized spacial score (nSPS) is 39.5. The molecule has 1 spiro atoms. The zero-order valence-electron chi connectivity index (χ0n) is 17.0. The molecule has 0 aromatic carbocycles. The Labute approximate surface area is 167 Å². The quantitative estimate of drug-likeness (QED) is 0.628. The van der Waals surface area contributed by atoms with E-state index in [4.69, 9.17) is 9.47 Å². The average Bonchev–Trinajstić information content (AvgIpc) is 3.19. The number of fused-ring (bicyclic) bond motifs is 1. The molecule has 0 amide bonds. The molecule has 2 fully saturated rings. The van der Waals surface area contributed by atoms with E-state index in [1.807, 2.05) is 0 Å². The molecule has 0 radical (unpaired) electrons. The summed E-state index contributed by atoms with van der Waals surface area (Å²) in [6.45, 7) is 4.31. The first-order chi connectivity index (χ1) is 13.6. The first-order valence-electron chi connectivity index (χ1n) is 11.2. The highest BCUT2D eigenvalue weighted by Gasteiger charge is 2.66. The van der Waals surface area contributed by atoms with Crippen LogP contribution in [0.2, 0.25) is 0 Å². The van der Waals surface area contributed by atoms with Crippen molar-refractivity contribution < 1.29 is 19.1 Å². The number of rotatable bonds is 5. The van der Waals surface area contributed by atoms with Crippen LogP contribution in [-0.2, 0) is 19.1 Å². The van der Waals surface area contributed by atoms with Gasteiger partial charge in [-0.15, -0.1) is 0 Å². The van der Waals surface area contributed by atoms with Crippen molar-refractivity contribution in [3.63, 3.8) is 0 Å². The van der Waals surface area contributed by atoms with E-state index in [-0.39, 0.29) is 24.0 Å². The number of esters is 2. The molecule has 4 aliphatic carbocycles. The third-order valence-electron chi connectivity index (χ3n) is 7.80. The Kier molecular flexibility index (Phi) is 4.29. The predicted octanol–water partition coefficient (Wildman–Crippen LogP) is 5.00. The van der Waals surface area contributed by atoms with Crippen LogP contribution in [0.5, 0.6) is 0 Å². The SMILES string of the molecule is CCCC=C1OC(=O)C2=CC3CCC12C1C2=C(CCC31)C(CCCC)OC2=O. The molecule has 5 unspecified atom stereocenters. The second kappa shape index (κ2) is 6.60. The Bertz CT molecular complexity index is 816. The van der Waals surface area contributed by atoms with Crippen molar-refractivity contribution in [2.75, 3.05) is 0 Å². The maximum absolute atomic E-state index is 13.1. The molecule has 0 N–H and O–H groups in total. The lowest BCUT2D eigenvalue weighted by Crippen LogP contribution is -2.50. The number of unbranched alkanes of at least 4 members (excludes halogenated alkanes) is 2. The van der Waals surface area contributed by atoms with Crippen LogP contribution in [0.4, 0.5) is 0 Å². The minimum atomic E-state index is -0.425. The first-order valence-corrected chi connectivity index (χ1v) is 11.2. The zero-order chi connectivity index (χ0) is 19.5. The fraction of sp³-hybridized carbons (Fsp3) is 0.667. The van der Waals surface area contributed by atoms with E-state index in [1.165, 1.54) is 5.57 Å². The fourth-order valence-corrected chi connectivity index (χ4v) is 6.63. The van der Waals surface area contributed by atoms with E-state index in [1.54, 1.807) is 0 Å². The molecule has 1 saturated carbocycles. The number of hydrogen-bond acceptors (Lipinski definition) is 4. The van der Waals surface area contributed by atoms with E-state index in [2.05, 4.69) is 26.0 Å². The van der Waals surface area contributed by atoms with Crippen LogP contribution >= 0.6 is 0 Å². The molecule has 4 heteroatoms. The number of cyclic esters (lactones) is 2. The van der Waals surface area contributed by atoms with Crippen molar-refractivity contribution in [1.29, 1.82) is 0 Å². The molecule has 6 rings (SSSR count). The van der Waals surface area contributed by atoms with Crippen LogP contribution in [0.25, 0.3) is 0 Å². The number of carbonyl (C=O) groups is 2. The van der Waals surface area contributed by atoms with Crippen LogP contribution in [0, 0.1) is 23.2 Å². The molecule has 28 heavy (non-hydrogen) atoms. The van der Waals surface area contributed by atoms with Gasteiger partial charge in [-0.2, -0.15) is 0 Å². The van der Waals surface area contributed by atoms with Crippen molar-refractivity contribution >= 4 is 11.9 Å². The van der Waals surface area contributed by atoms with Gasteiger partial charge in [-0.3, -0.25) is 0 Å². The smallest absolute Gasteiger partial charge is 0.339 e. The molecule has 2 bridgehead atoms. The van der Waals surface area contributed by atoms with Crippen molar-refractivity contribution in [2.24, 2.45) is 23.2 Å². The summed E-state index contributed by atoms with van der Waals surface area (Å²) in [5.74, 6) is 1.37. The van der Waals surface area contributed by atoms with Crippen molar-refractivity contribution in [2.45, 2.75) is 77.7 Å². The van der Waals surface area contributed by atoms with E-state index in [9.17, 15) is 9.59 Å². The van der Waals surface area contributed by atoms with Gasteiger partial charge in [0.05, 0.1) is 5.41 Å². The van der Waals surface area contributed by atoms with E-state index < -0.39 is 5.41 Å². The molecule has 1 saturated heterocycles. The zero-order valence-corrected chi connectivity index (χ0v) is 17.0. The summed E-state index contributed by atoms with van der Waals surface area (Å²) < 4.78 is 11.7. The molecule has 2 heterocycles. The highest BCUT2D eigenvalue weighted by molar-refractivity contribution is 5.99. The van der Waals surface area contributed by atoms with Crippen LogP contribution in [0.15, 0.2) is 34.6 Å². The maximum atomic E-state index is 13.1. The Balaban J connectivity index is 1.63. The van der Waals surface area contributed by atoms with Gasteiger partial charge < -0.3 is 9.47 Å². The van der Waals surface area contributed by atoms with Crippen molar-refractivity contribution in [1.82, 2.24) is 0 Å². The number of hydrogen-bond donors (Lipinski definition) is 0. The molecule has 0 aromatic rings. The lowest BCUT2D eigenvalue weighted by Gasteiger charge is -2.54. The van der Waals surface area contributed by atoms with Crippen LogP contribution < -0.4 is 0 Å². The molecule has 4 nitrogen and oxygen atoms in total. The standard InChI is InChI=1S/C24H30O4/c1-3-5-7-18-16-10-9-15-14-11-12-24(21(15)20(16)23(26)27-18)17(13-14)22(25)28-19(24)8-6-4-2/h8,13-15,18,21H,3-7,9-12H2,1-2H3. The third kappa shape index (κ3) is 2.29. The molecule has 150 valence electrons. The van der Waals surface area contributed by atoms with Gasteiger partial charge in [-0.05, 0) is 68.4 Å². The van der Waals surface area contributed by atoms with Gasteiger partial charge in [-0.25, -0.2) is 9.59 Å². The Morgan fingerprint density at radius 3 is 2.82 bits per heavy atom. The second-order valence-corrected chi connectivity index (χ2v) is 9.16. The summed E-state index contributed by atoms with van der Waals surface area (Å²) in [6.07, 6.45) is 13.3. The lowest BCUT2D eigenvalue weighted by molar-refractivity contribution is -0.141. The molecule has 2 aliphatic heterocycles. The minimum absolute atomic E-state index is 0.0474. The van der Waals surface area contributed by atoms with E-state index in [0.717, 1.165) is 74.7 Å². The van der Waals surface area contributed by atoms with Gasteiger partial charge in [0.15, 0.2) is 0 Å². The van der Waals surface area contributed by atoms with Gasteiger partial charge >= 0.3 is 11.9 Å². The average molecular weight is 383 g/mol. The summed E-state index contributed by atoms with van der Waals surface area (Å²) in [6, 6.07) is 0. The molecular weight excluding hydrogens is 352 g/mol. The van der Waals surface area contributed by atoms with E-state index in [0.29, 0.717) is 11.8 Å². The van der Waals surface area contributed by atoms with E-state index >= 15 is 0 Å². The van der Waals surface area contributed by atoms with Gasteiger partial charge in [0, 0.05) is 17.1 Å². The summed E-state index contributed by atoms with van der Waals surface area (Å²) in [4.78, 5) is 25.8. The number of carbonyl (C=O) groups excluding carboxylic acids is 2. The molecule has 5 atom stereocenters. The molecule has 6 aliphatic rings. The third-order valence-corrected chi connectivity index (χ3v) is 7.80. The predicted molar refractivity (Wildman–Crippen MR) is 105 cm³/mol. The first kappa shape index (κ1) is 18.2. The monoisotopic (exact) mass is 382 g/mol. The van der Waals surface area contributed by atoms with Crippen molar-refractivity contribution in [3.05, 3.63) is 34.6 Å². The Morgan fingerprint density at radius 1 is 1.18 bits per heavy atom. The fourth-order valence-electron chi connectivity index (χ4n) is 6.63. The highest BCUT2D eigenvalue weighted by Crippen LogP contribution is 2.68. The minimum Gasteiger partial charge on any atom is -0.454 e. The summed E-state index contributed by atoms with van der Waals surface area (Å²) in [7, 11) is 0. The summed E-state index contributed by atoms with van der Waals surface area (Å²) >= 11 is 0. The van der Waals surface area contributed by atoms with Gasteiger partial charge in [0.25, 0.3) is 0 Å². The van der Waals surface area contributed by atoms with Crippen LogP contribution in [0.1, 0.15) is 71.6 Å². The van der Waals surface area contributed by atoms with Crippen LogP contribution in [-0.4, -0.2) is 18.0 Å². The van der Waals surface area contributed by atoms with Crippen molar-refractivity contribution in [3.8, 4) is 0 Å². The number of allylic oxidation sites excluding steroid dienone is 3. The van der Waals surface area contributed by atoms with Gasteiger partial charge in [0.1, 0.15) is 11.9 Å². The Hall–Kier alpha value is -1.84.